The van der Waals surface area contributed by atoms with Crippen molar-refractivity contribution in [2.75, 3.05) is 26.2 Å². The van der Waals surface area contributed by atoms with E-state index in [0.29, 0.717) is 0 Å². The molecule has 1 saturated heterocycles. The number of hydrogen-bond acceptors (Lipinski definition) is 4. The fourth-order valence-corrected chi connectivity index (χ4v) is 5.26. The summed E-state index contributed by atoms with van der Waals surface area (Å²) in [4.78, 5) is 13.4. The lowest BCUT2D eigenvalue weighted by Crippen LogP contribution is -2.51. The first-order chi connectivity index (χ1) is 11.4. The van der Waals surface area contributed by atoms with Gasteiger partial charge in [0.1, 0.15) is 10.5 Å². The second kappa shape index (κ2) is 7.48. The second-order valence-corrected chi connectivity index (χ2v) is 9.70. The molecule has 0 radical (unpaired) electrons. The summed E-state index contributed by atoms with van der Waals surface area (Å²) in [6, 6.07) is 2.66. The third-order valence-corrected chi connectivity index (χ3v) is 6.49. The Kier molecular flexibility index (Phi) is 6.16. The van der Waals surface area contributed by atoms with Crippen molar-refractivity contribution < 1.29 is 17.9 Å². The standard InChI is InChI=1S/C15H19Cl3N2O4S/c1-15(2,3)24-14(21)19-4-6-20(7-5-19)25(22,23)13-11(17)8-10(16)9-12(13)18/h8-9H,4-7H2,1-3H3. The van der Waals surface area contributed by atoms with E-state index in [-0.39, 0.29) is 46.1 Å². The van der Waals surface area contributed by atoms with Crippen LogP contribution in [0.2, 0.25) is 15.1 Å². The summed E-state index contributed by atoms with van der Waals surface area (Å²) in [7, 11) is -3.89. The Balaban J connectivity index is 2.14. The zero-order chi connectivity index (χ0) is 19.0. The third kappa shape index (κ3) is 4.92. The summed E-state index contributed by atoms with van der Waals surface area (Å²) in [6.45, 7) is 6.00. The van der Waals surface area contributed by atoms with Gasteiger partial charge in [-0.1, -0.05) is 34.8 Å². The minimum atomic E-state index is -3.89. The summed E-state index contributed by atoms with van der Waals surface area (Å²) in [5.41, 5.74) is -0.606. The van der Waals surface area contributed by atoms with Gasteiger partial charge in [0.2, 0.25) is 10.0 Å². The highest BCUT2D eigenvalue weighted by atomic mass is 35.5. The summed E-state index contributed by atoms with van der Waals surface area (Å²) in [5.74, 6) is 0. The molecule has 1 amide bonds. The van der Waals surface area contributed by atoms with Crippen LogP contribution in [0.3, 0.4) is 0 Å². The van der Waals surface area contributed by atoms with Crippen molar-refractivity contribution in [3.05, 3.63) is 27.2 Å². The average Bonchev–Trinajstić information content (AvgIpc) is 2.44. The van der Waals surface area contributed by atoms with Crippen LogP contribution >= 0.6 is 34.8 Å². The van der Waals surface area contributed by atoms with Gasteiger partial charge in [-0.15, -0.1) is 0 Å². The molecular weight excluding hydrogens is 411 g/mol. The maximum absolute atomic E-state index is 12.8. The molecule has 0 aromatic heterocycles. The molecule has 1 aliphatic heterocycles. The van der Waals surface area contributed by atoms with E-state index < -0.39 is 21.7 Å². The number of sulfonamides is 1. The Morgan fingerprint density at radius 3 is 1.96 bits per heavy atom. The minimum absolute atomic E-state index is 0.0351. The van der Waals surface area contributed by atoms with Crippen molar-refractivity contribution in [3.63, 3.8) is 0 Å². The van der Waals surface area contributed by atoms with Crippen LogP contribution in [0.4, 0.5) is 4.79 Å². The van der Waals surface area contributed by atoms with E-state index in [4.69, 9.17) is 39.5 Å². The van der Waals surface area contributed by atoms with E-state index in [1.54, 1.807) is 20.8 Å². The molecule has 140 valence electrons. The molecule has 1 aliphatic rings. The fraction of sp³-hybridized carbons (Fsp3) is 0.533. The lowest BCUT2D eigenvalue weighted by Gasteiger charge is -2.35. The quantitative estimate of drug-likeness (QED) is 0.715. The van der Waals surface area contributed by atoms with Crippen molar-refractivity contribution >= 4 is 50.9 Å². The molecule has 0 saturated carbocycles. The Hall–Kier alpha value is -0.730. The van der Waals surface area contributed by atoms with E-state index in [1.165, 1.54) is 21.3 Å². The topological polar surface area (TPSA) is 66.9 Å². The smallest absolute Gasteiger partial charge is 0.410 e. The molecule has 1 heterocycles. The highest BCUT2D eigenvalue weighted by Gasteiger charge is 2.34. The van der Waals surface area contributed by atoms with Gasteiger partial charge in [-0.2, -0.15) is 4.31 Å². The number of piperazine rings is 1. The SMILES string of the molecule is CC(C)(C)OC(=O)N1CCN(S(=O)(=O)c2c(Cl)cc(Cl)cc2Cl)CC1. The maximum atomic E-state index is 12.8. The molecule has 0 unspecified atom stereocenters. The monoisotopic (exact) mass is 428 g/mol. The van der Waals surface area contributed by atoms with Crippen molar-refractivity contribution in [3.8, 4) is 0 Å². The Morgan fingerprint density at radius 1 is 1.04 bits per heavy atom. The van der Waals surface area contributed by atoms with Gasteiger partial charge in [0.05, 0.1) is 10.0 Å². The Morgan fingerprint density at radius 2 is 1.52 bits per heavy atom. The predicted molar refractivity (Wildman–Crippen MR) is 98.0 cm³/mol. The molecule has 1 aromatic rings. The van der Waals surface area contributed by atoms with Crippen LogP contribution in [-0.2, 0) is 14.8 Å². The molecule has 1 aromatic carbocycles. The number of carbonyl (C=O) groups excluding carboxylic acids is 1. The van der Waals surface area contributed by atoms with Gasteiger partial charge in [-0.25, -0.2) is 13.2 Å². The molecule has 0 bridgehead atoms. The summed E-state index contributed by atoms with van der Waals surface area (Å²) >= 11 is 17.9. The van der Waals surface area contributed by atoms with Crippen molar-refractivity contribution in [1.82, 2.24) is 9.21 Å². The van der Waals surface area contributed by atoms with E-state index in [9.17, 15) is 13.2 Å². The first-order valence-electron chi connectivity index (χ1n) is 7.54. The molecule has 0 aliphatic carbocycles. The first kappa shape index (κ1) is 20.6. The fourth-order valence-electron chi connectivity index (χ4n) is 2.34. The van der Waals surface area contributed by atoms with Crippen LogP contribution in [0.25, 0.3) is 0 Å². The lowest BCUT2D eigenvalue weighted by atomic mass is 10.2. The van der Waals surface area contributed by atoms with Gasteiger partial charge in [-0.3, -0.25) is 0 Å². The van der Waals surface area contributed by atoms with E-state index >= 15 is 0 Å². The lowest BCUT2D eigenvalue weighted by molar-refractivity contribution is 0.0192. The number of halogens is 3. The number of carbonyl (C=O) groups is 1. The predicted octanol–water partition coefficient (Wildman–Crippen LogP) is 3.89. The van der Waals surface area contributed by atoms with Crippen LogP contribution in [0.5, 0.6) is 0 Å². The number of benzene rings is 1. The number of hydrogen-bond donors (Lipinski definition) is 0. The molecule has 0 atom stereocenters. The number of nitrogens with zero attached hydrogens (tertiary/aromatic N) is 2. The van der Waals surface area contributed by atoms with Crippen LogP contribution in [0.15, 0.2) is 17.0 Å². The molecular formula is C15H19Cl3N2O4S. The van der Waals surface area contributed by atoms with Crippen LogP contribution in [0, 0.1) is 0 Å². The van der Waals surface area contributed by atoms with Gasteiger partial charge in [0, 0.05) is 31.2 Å². The molecule has 0 spiro atoms. The molecule has 1 fully saturated rings. The normalized spacial score (nSPS) is 16.8. The average molecular weight is 430 g/mol. The highest BCUT2D eigenvalue weighted by molar-refractivity contribution is 7.89. The summed E-state index contributed by atoms with van der Waals surface area (Å²) in [6.07, 6.45) is -0.466. The Labute approximate surface area is 162 Å². The Bertz CT molecular complexity index is 746. The van der Waals surface area contributed by atoms with Gasteiger partial charge >= 0.3 is 6.09 Å². The molecule has 25 heavy (non-hydrogen) atoms. The molecule has 10 heteroatoms. The second-order valence-electron chi connectivity index (χ2n) is 6.57. The van der Waals surface area contributed by atoms with Crippen molar-refractivity contribution in [2.45, 2.75) is 31.3 Å². The third-order valence-electron chi connectivity index (χ3n) is 3.45. The van der Waals surface area contributed by atoms with Crippen molar-refractivity contribution in [1.29, 1.82) is 0 Å². The van der Waals surface area contributed by atoms with Gasteiger partial charge in [-0.05, 0) is 32.9 Å². The van der Waals surface area contributed by atoms with Crippen molar-refractivity contribution in [2.24, 2.45) is 0 Å². The zero-order valence-electron chi connectivity index (χ0n) is 14.1. The van der Waals surface area contributed by atoms with Gasteiger partial charge in [0.15, 0.2) is 0 Å². The molecule has 6 nitrogen and oxygen atoms in total. The zero-order valence-corrected chi connectivity index (χ0v) is 17.1. The number of ether oxygens (including phenoxy) is 1. The molecule has 2 rings (SSSR count). The summed E-state index contributed by atoms with van der Waals surface area (Å²) < 4.78 is 32.2. The maximum Gasteiger partial charge on any atom is 0.410 e. The van der Waals surface area contributed by atoms with E-state index in [2.05, 4.69) is 0 Å². The van der Waals surface area contributed by atoms with Crippen LogP contribution < -0.4 is 0 Å². The minimum Gasteiger partial charge on any atom is -0.444 e. The van der Waals surface area contributed by atoms with E-state index in [0.717, 1.165) is 0 Å². The number of amides is 1. The largest absolute Gasteiger partial charge is 0.444 e. The highest BCUT2D eigenvalue weighted by Crippen LogP contribution is 2.34. The first-order valence-corrected chi connectivity index (χ1v) is 10.1. The van der Waals surface area contributed by atoms with Gasteiger partial charge < -0.3 is 9.64 Å². The molecule has 0 N–H and O–H groups in total. The van der Waals surface area contributed by atoms with Crippen LogP contribution in [0.1, 0.15) is 20.8 Å². The van der Waals surface area contributed by atoms with Gasteiger partial charge in [0.25, 0.3) is 0 Å². The van der Waals surface area contributed by atoms with Crippen LogP contribution in [-0.4, -0.2) is 55.5 Å². The summed E-state index contributed by atoms with van der Waals surface area (Å²) in [5, 5.41) is 0.183. The van der Waals surface area contributed by atoms with E-state index in [1.807, 2.05) is 0 Å². The number of rotatable bonds is 2.